The number of amides is 1. The van der Waals surface area contributed by atoms with Crippen LogP contribution in [-0.4, -0.2) is 11.6 Å². The Balaban J connectivity index is 2.59. The molecule has 0 aromatic carbocycles. The second-order valence-electron chi connectivity index (χ2n) is 2.45. The molecule has 0 spiro atoms. The molecule has 1 heterocycles. The Labute approximate surface area is 71.8 Å². The first-order chi connectivity index (χ1) is 5.74. The van der Waals surface area contributed by atoms with Crippen LogP contribution in [0.5, 0.6) is 0 Å². The van der Waals surface area contributed by atoms with Crippen LogP contribution in [0.4, 0.5) is 0 Å². The molecule has 0 aromatic rings. The topological polar surface area (TPSA) is 53.5 Å². The highest BCUT2D eigenvalue weighted by atomic mass is 16.1. The summed E-state index contributed by atoms with van der Waals surface area (Å²) >= 11 is 0. The van der Waals surface area contributed by atoms with Crippen LogP contribution in [0.3, 0.4) is 0 Å². The monoisotopic (exact) mass is 166 g/mol. The number of hydrogen-bond acceptors (Lipinski definition) is 3. The van der Waals surface area contributed by atoms with Crippen LogP contribution < -0.4 is 10.6 Å². The van der Waals surface area contributed by atoms with Crippen LogP contribution in [0.1, 0.15) is 20.3 Å². The van der Waals surface area contributed by atoms with E-state index in [0.717, 1.165) is 12.1 Å². The van der Waals surface area contributed by atoms with Crippen molar-refractivity contribution in [3.8, 4) is 0 Å². The quantitative estimate of drug-likeness (QED) is 0.629. The lowest BCUT2D eigenvalue weighted by Crippen LogP contribution is -2.41. The average Bonchev–Trinajstić information content (AvgIpc) is 2.04. The lowest BCUT2D eigenvalue weighted by Gasteiger charge is -2.19. The third-order valence-electron chi connectivity index (χ3n) is 1.46. The van der Waals surface area contributed by atoms with Gasteiger partial charge in [-0.25, -0.2) is 0 Å². The highest BCUT2D eigenvalue weighted by Crippen LogP contribution is 2.04. The molecule has 0 atom stereocenters. The molecule has 2 N–H and O–H groups in total. The number of hydrogen-bond donors (Lipinski definition) is 2. The van der Waals surface area contributed by atoms with E-state index in [4.69, 9.17) is 0 Å². The first kappa shape index (κ1) is 8.77. The van der Waals surface area contributed by atoms with Gasteiger partial charge in [0.25, 0.3) is 0 Å². The van der Waals surface area contributed by atoms with Gasteiger partial charge in [-0.1, -0.05) is 6.92 Å². The van der Waals surface area contributed by atoms with Gasteiger partial charge >= 0.3 is 0 Å². The Kier molecular flexibility index (Phi) is 2.85. The summed E-state index contributed by atoms with van der Waals surface area (Å²) in [5.41, 5.74) is 0.868. The molecule has 0 bridgehead atoms. The lowest BCUT2D eigenvalue weighted by molar-refractivity contribution is -0.118. The number of nitrogens with zero attached hydrogens (tertiary/aromatic N) is 1. The van der Waals surface area contributed by atoms with E-state index < -0.39 is 0 Å². The predicted octanol–water partition coefficient (Wildman–Crippen LogP) is 0.537. The zero-order valence-electron chi connectivity index (χ0n) is 7.22. The van der Waals surface area contributed by atoms with Crippen LogP contribution in [0.2, 0.25) is 0 Å². The summed E-state index contributed by atoms with van der Waals surface area (Å²) < 4.78 is 0. The zero-order valence-corrected chi connectivity index (χ0v) is 7.22. The molecule has 0 aromatic heterocycles. The number of rotatable bonds is 2. The van der Waals surface area contributed by atoms with E-state index in [1.807, 2.05) is 6.92 Å². The molecule has 1 aliphatic heterocycles. The highest BCUT2D eigenvalue weighted by Gasteiger charge is 2.16. The van der Waals surface area contributed by atoms with Crippen LogP contribution in [0.15, 0.2) is 17.4 Å². The molecule has 0 unspecified atom stereocenters. The molecule has 0 fully saturated rings. The molecule has 0 aliphatic carbocycles. The zero-order chi connectivity index (χ0) is 8.97. The van der Waals surface area contributed by atoms with Gasteiger partial charge in [0.05, 0.1) is 5.71 Å². The fourth-order valence-corrected chi connectivity index (χ4v) is 0.948. The van der Waals surface area contributed by atoms with Gasteiger partial charge < -0.3 is 10.6 Å². The van der Waals surface area contributed by atoms with Gasteiger partial charge in [-0.15, -0.1) is 0 Å². The molecule has 1 aliphatic rings. The van der Waals surface area contributed by atoms with Gasteiger partial charge in [0.1, 0.15) is 0 Å². The SMILES string of the molecule is CCC1=NC=CN[C]1NC(C)=O. The van der Waals surface area contributed by atoms with E-state index >= 15 is 0 Å². The van der Waals surface area contributed by atoms with E-state index in [1.165, 1.54) is 6.92 Å². The highest BCUT2D eigenvalue weighted by molar-refractivity contribution is 5.99. The van der Waals surface area contributed by atoms with Gasteiger partial charge in [-0.2, -0.15) is 0 Å². The third kappa shape index (κ3) is 2.08. The first-order valence-corrected chi connectivity index (χ1v) is 3.87. The third-order valence-corrected chi connectivity index (χ3v) is 1.46. The van der Waals surface area contributed by atoms with Crippen LogP contribution >= 0.6 is 0 Å². The Hall–Kier alpha value is -1.32. The van der Waals surface area contributed by atoms with Crippen molar-refractivity contribution in [1.82, 2.24) is 10.6 Å². The lowest BCUT2D eigenvalue weighted by atomic mass is 10.2. The standard InChI is InChI=1S/C8H12N3O/c1-3-7-8(11-6(2)12)10-5-4-9-7/h4-5,10H,3H2,1-2H3,(H,11,12). The Morgan fingerprint density at radius 3 is 3.08 bits per heavy atom. The molecule has 0 saturated heterocycles. The molecular weight excluding hydrogens is 154 g/mol. The summed E-state index contributed by atoms with van der Waals surface area (Å²) in [6.45, 7) is 3.46. The van der Waals surface area contributed by atoms with Crippen LogP contribution in [0, 0.1) is 6.17 Å². The number of nitrogens with one attached hydrogen (secondary N) is 2. The van der Waals surface area contributed by atoms with Crippen molar-refractivity contribution >= 4 is 11.6 Å². The molecule has 12 heavy (non-hydrogen) atoms. The summed E-state index contributed by atoms with van der Waals surface area (Å²) in [7, 11) is 0. The van der Waals surface area contributed by atoms with Gasteiger partial charge in [0.2, 0.25) is 5.91 Å². The Morgan fingerprint density at radius 1 is 1.75 bits per heavy atom. The maximum Gasteiger partial charge on any atom is 0.219 e. The Morgan fingerprint density at radius 2 is 2.50 bits per heavy atom. The largest absolute Gasteiger partial charge is 0.359 e. The minimum Gasteiger partial charge on any atom is -0.359 e. The van der Waals surface area contributed by atoms with E-state index in [0.29, 0.717) is 6.17 Å². The summed E-state index contributed by atoms with van der Waals surface area (Å²) in [6, 6.07) is 0. The molecule has 1 rings (SSSR count). The second-order valence-corrected chi connectivity index (χ2v) is 2.45. The van der Waals surface area contributed by atoms with Crippen molar-refractivity contribution in [1.29, 1.82) is 0 Å². The molecule has 1 amide bonds. The van der Waals surface area contributed by atoms with E-state index in [-0.39, 0.29) is 5.91 Å². The van der Waals surface area contributed by atoms with Gasteiger partial charge in [0.15, 0.2) is 6.17 Å². The predicted molar refractivity (Wildman–Crippen MR) is 47.1 cm³/mol. The van der Waals surface area contributed by atoms with Gasteiger partial charge in [-0.05, 0) is 6.42 Å². The van der Waals surface area contributed by atoms with E-state index in [1.54, 1.807) is 12.4 Å². The molecule has 0 saturated carbocycles. The molecular formula is C8H12N3O. The van der Waals surface area contributed by atoms with Crippen molar-refractivity contribution in [2.24, 2.45) is 4.99 Å². The van der Waals surface area contributed by atoms with Crippen molar-refractivity contribution in [3.05, 3.63) is 18.6 Å². The van der Waals surface area contributed by atoms with Gasteiger partial charge in [0, 0.05) is 19.3 Å². The summed E-state index contributed by atoms with van der Waals surface area (Å²) in [5.74, 6) is -0.0889. The summed E-state index contributed by atoms with van der Waals surface area (Å²) in [5, 5.41) is 5.59. The fourth-order valence-electron chi connectivity index (χ4n) is 0.948. The van der Waals surface area contributed by atoms with Crippen LogP contribution in [0.25, 0.3) is 0 Å². The van der Waals surface area contributed by atoms with Crippen LogP contribution in [-0.2, 0) is 4.79 Å². The van der Waals surface area contributed by atoms with Crippen molar-refractivity contribution in [3.63, 3.8) is 0 Å². The van der Waals surface area contributed by atoms with E-state index in [9.17, 15) is 4.79 Å². The fraction of sp³-hybridized carbons (Fsp3) is 0.375. The van der Waals surface area contributed by atoms with E-state index in [2.05, 4.69) is 15.6 Å². The summed E-state index contributed by atoms with van der Waals surface area (Å²) in [4.78, 5) is 14.8. The van der Waals surface area contributed by atoms with Gasteiger partial charge in [-0.3, -0.25) is 9.79 Å². The minimum absolute atomic E-state index is 0.0889. The first-order valence-electron chi connectivity index (χ1n) is 3.87. The van der Waals surface area contributed by atoms with Crippen molar-refractivity contribution in [2.45, 2.75) is 20.3 Å². The Bertz CT molecular complexity index is 232. The maximum atomic E-state index is 10.7. The van der Waals surface area contributed by atoms with Crippen molar-refractivity contribution in [2.75, 3.05) is 0 Å². The smallest absolute Gasteiger partial charge is 0.219 e. The average molecular weight is 166 g/mol. The number of carbonyl (C=O) groups is 1. The molecule has 1 radical (unpaired) electrons. The normalized spacial score (nSPS) is 16.7. The minimum atomic E-state index is -0.0889. The molecule has 4 heteroatoms. The molecule has 4 nitrogen and oxygen atoms in total. The summed E-state index contributed by atoms with van der Waals surface area (Å²) in [6.07, 6.45) is 4.84. The van der Waals surface area contributed by atoms with Crippen molar-refractivity contribution < 1.29 is 4.79 Å². The maximum absolute atomic E-state index is 10.7. The molecule has 65 valence electrons. The number of carbonyl (C=O) groups excluding carboxylic acids is 1. The second kappa shape index (κ2) is 3.90. The number of aliphatic imine (C=N–C) groups is 1.